The van der Waals surface area contributed by atoms with Crippen LogP contribution in [0.1, 0.15) is 18.9 Å². The summed E-state index contributed by atoms with van der Waals surface area (Å²) in [6.45, 7) is 2.66. The van der Waals surface area contributed by atoms with Gasteiger partial charge >= 0.3 is 0 Å². The highest BCUT2D eigenvalue weighted by molar-refractivity contribution is 14.1. The van der Waals surface area contributed by atoms with E-state index in [4.69, 9.17) is 4.74 Å². The quantitative estimate of drug-likeness (QED) is 0.597. The Morgan fingerprint density at radius 3 is 2.89 bits per heavy atom. The Morgan fingerprint density at radius 1 is 1.56 bits per heavy atom. The monoisotopic (exact) mass is 365 g/mol. The molecule has 1 aromatic carbocycles. The molecule has 3 nitrogen and oxygen atoms in total. The van der Waals surface area contributed by atoms with Crippen molar-refractivity contribution in [3.63, 3.8) is 0 Å². The van der Waals surface area contributed by atoms with Crippen molar-refractivity contribution < 1.29 is 13.9 Å². The molecule has 100 valence electrons. The Labute approximate surface area is 120 Å². The summed E-state index contributed by atoms with van der Waals surface area (Å²) in [5, 5.41) is 3.01. The standard InChI is InChI=1S/C13H17FINO2/c1-9(8-16-2)18-11-4-5-12(14)10(7-11)3-6-13(15)17/h4-5,7,9,16H,3,6,8H2,1-2H3. The molecule has 5 heteroatoms. The first kappa shape index (κ1) is 15.4. The highest BCUT2D eigenvalue weighted by atomic mass is 127. The maximum atomic E-state index is 13.5. The number of nitrogens with one attached hydrogen (secondary N) is 1. The topological polar surface area (TPSA) is 38.3 Å². The lowest BCUT2D eigenvalue weighted by Gasteiger charge is -2.15. The molecule has 18 heavy (non-hydrogen) atoms. The number of hydrogen-bond donors (Lipinski definition) is 1. The predicted octanol–water partition coefficient (Wildman–Crippen LogP) is 2.71. The second-order valence-corrected chi connectivity index (χ2v) is 5.30. The highest BCUT2D eigenvalue weighted by Gasteiger charge is 2.08. The minimum atomic E-state index is -0.290. The van der Waals surface area contributed by atoms with Crippen LogP contribution in [-0.4, -0.2) is 23.5 Å². The zero-order valence-electron chi connectivity index (χ0n) is 10.5. The molecule has 0 radical (unpaired) electrons. The van der Waals surface area contributed by atoms with Gasteiger partial charge in [-0.1, -0.05) is 0 Å². The number of halogens is 2. The van der Waals surface area contributed by atoms with E-state index in [1.54, 1.807) is 34.7 Å². The zero-order chi connectivity index (χ0) is 13.5. The van der Waals surface area contributed by atoms with E-state index in [0.29, 0.717) is 24.2 Å². The first-order chi connectivity index (χ1) is 8.52. The lowest BCUT2D eigenvalue weighted by Crippen LogP contribution is -2.26. The van der Waals surface area contributed by atoms with Crippen molar-refractivity contribution in [2.45, 2.75) is 25.9 Å². The molecule has 1 aromatic rings. The van der Waals surface area contributed by atoms with Gasteiger partial charge in [0.2, 0.25) is 0 Å². The number of carbonyl (C=O) groups is 1. The third-order valence-corrected chi connectivity index (χ3v) is 2.98. The van der Waals surface area contributed by atoms with Gasteiger partial charge in [0.25, 0.3) is 0 Å². The van der Waals surface area contributed by atoms with Crippen LogP contribution < -0.4 is 10.1 Å². The smallest absolute Gasteiger partial charge is 0.192 e. The molecule has 0 aliphatic heterocycles. The molecule has 0 saturated carbocycles. The maximum absolute atomic E-state index is 13.5. The summed E-state index contributed by atoms with van der Waals surface area (Å²) in [4.78, 5) is 10.9. The van der Waals surface area contributed by atoms with Crippen LogP contribution in [0.5, 0.6) is 5.75 Å². The van der Waals surface area contributed by atoms with E-state index >= 15 is 0 Å². The minimum absolute atomic E-state index is 0.0134. The molecular weight excluding hydrogens is 348 g/mol. The average molecular weight is 365 g/mol. The Morgan fingerprint density at radius 2 is 2.28 bits per heavy atom. The normalized spacial score (nSPS) is 12.2. The molecule has 0 amide bonds. The molecule has 1 rings (SSSR count). The molecule has 0 aromatic heterocycles. The van der Waals surface area contributed by atoms with Crippen LogP contribution in [-0.2, 0) is 11.2 Å². The van der Waals surface area contributed by atoms with Crippen LogP contribution >= 0.6 is 22.6 Å². The van der Waals surface area contributed by atoms with Crippen molar-refractivity contribution in [2.24, 2.45) is 0 Å². The molecule has 0 aliphatic carbocycles. The summed E-state index contributed by atoms with van der Waals surface area (Å²) in [5.41, 5.74) is 0.522. The summed E-state index contributed by atoms with van der Waals surface area (Å²) >= 11 is 1.72. The first-order valence-electron chi connectivity index (χ1n) is 5.81. The fourth-order valence-electron chi connectivity index (χ4n) is 1.61. The average Bonchev–Trinajstić information content (AvgIpc) is 2.30. The second kappa shape index (κ2) is 7.68. The van der Waals surface area contributed by atoms with Crippen molar-refractivity contribution in [3.05, 3.63) is 29.6 Å². The van der Waals surface area contributed by atoms with Gasteiger partial charge in [0, 0.05) is 13.0 Å². The first-order valence-corrected chi connectivity index (χ1v) is 6.88. The fourth-order valence-corrected chi connectivity index (χ4v) is 1.88. The SMILES string of the molecule is CNCC(C)Oc1ccc(F)c(CCC(=O)I)c1. The van der Waals surface area contributed by atoms with E-state index < -0.39 is 0 Å². The Balaban J connectivity index is 2.70. The number of likely N-dealkylation sites (N-methyl/N-ethyl adjacent to an activating group) is 1. The van der Waals surface area contributed by atoms with Crippen LogP contribution in [0, 0.1) is 5.82 Å². The van der Waals surface area contributed by atoms with E-state index in [9.17, 15) is 9.18 Å². The van der Waals surface area contributed by atoms with Crippen LogP contribution in [0.25, 0.3) is 0 Å². The predicted molar refractivity (Wildman–Crippen MR) is 77.8 cm³/mol. The van der Waals surface area contributed by atoms with Gasteiger partial charge in [0.15, 0.2) is 3.79 Å². The van der Waals surface area contributed by atoms with Gasteiger partial charge in [-0.2, -0.15) is 0 Å². The third kappa shape index (κ3) is 5.30. The van der Waals surface area contributed by atoms with Gasteiger partial charge in [0.05, 0.1) is 0 Å². The molecule has 0 bridgehead atoms. The lowest BCUT2D eigenvalue weighted by atomic mass is 10.1. The van der Waals surface area contributed by atoms with Gasteiger partial charge in [0.1, 0.15) is 17.7 Å². The maximum Gasteiger partial charge on any atom is 0.192 e. The van der Waals surface area contributed by atoms with Gasteiger partial charge in [-0.3, -0.25) is 4.79 Å². The second-order valence-electron chi connectivity index (χ2n) is 4.09. The highest BCUT2D eigenvalue weighted by Crippen LogP contribution is 2.19. The minimum Gasteiger partial charge on any atom is -0.489 e. The number of hydrogen-bond acceptors (Lipinski definition) is 3. The van der Waals surface area contributed by atoms with Crippen molar-refractivity contribution >= 4 is 26.4 Å². The number of aryl methyl sites for hydroxylation is 1. The van der Waals surface area contributed by atoms with Crippen molar-refractivity contribution in [3.8, 4) is 5.75 Å². The van der Waals surface area contributed by atoms with E-state index in [2.05, 4.69) is 5.32 Å². The molecule has 1 unspecified atom stereocenters. The lowest BCUT2D eigenvalue weighted by molar-refractivity contribution is -0.109. The van der Waals surface area contributed by atoms with Crippen molar-refractivity contribution in [1.29, 1.82) is 0 Å². The Kier molecular flexibility index (Phi) is 6.56. The molecule has 0 spiro atoms. The van der Waals surface area contributed by atoms with E-state index in [1.807, 2.05) is 14.0 Å². The Bertz CT molecular complexity index is 412. The third-order valence-electron chi connectivity index (χ3n) is 2.44. The van der Waals surface area contributed by atoms with Gasteiger partial charge in [-0.15, -0.1) is 0 Å². The van der Waals surface area contributed by atoms with Gasteiger partial charge < -0.3 is 10.1 Å². The molecule has 0 saturated heterocycles. The van der Waals surface area contributed by atoms with Crippen molar-refractivity contribution in [2.75, 3.05) is 13.6 Å². The van der Waals surface area contributed by atoms with Crippen molar-refractivity contribution in [1.82, 2.24) is 5.32 Å². The molecule has 1 atom stereocenters. The van der Waals surface area contributed by atoms with Crippen LogP contribution in [0.2, 0.25) is 0 Å². The molecule has 1 N–H and O–H groups in total. The fraction of sp³-hybridized carbons (Fsp3) is 0.462. The van der Waals surface area contributed by atoms with Crippen LogP contribution in [0.4, 0.5) is 4.39 Å². The molecule has 0 aliphatic rings. The molecule has 0 heterocycles. The van der Waals surface area contributed by atoms with E-state index in [-0.39, 0.29) is 15.7 Å². The Hall–Kier alpha value is -0.690. The summed E-state index contributed by atoms with van der Waals surface area (Å²) < 4.78 is 19.2. The number of rotatable bonds is 7. The van der Waals surface area contributed by atoms with E-state index in [0.717, 1.165) is 6.54 Å². The zero-order valence-corrected chi connectivity index (χ0v) is 12.7. The number of benzene rings is 1. The van der Waals surface area contributed by atoms with Gasteiger partial charge in [-0.25, -0.2) is 4.39 Å². The number of carbonyl (C=O) groups excluding carboxylic acids is 1. The summed E-state index contributed by atoms with van der Waals surface area (Å²) in [5.74, 6) is 0.344. The molecule has 0 fully saturated rings. The summed E-state index contributed by atoms with van der Waals surface area (Å²) in [6, 6.07) is 4.66. The summed E-state index contributed by atoms with van der Waals surface area (Å²) in [7, 11) is 1.85. The number of ether oxygens (including phenoxy) is 1. The van der Waals surface area contributed by atoms with Crippen LogP contribution in [0.3, 0.4) is 0 Å². The van der Waals surface area contributed by atoms with Crippen LogP contribution in [0.15, 0.2) is 18.2 Å². The van der Waals surface area contributed by atoms with E-state index in [1.165, 1.54) is 6.07 Å². The molecular formula is C13H17FINO2. The van der Waals surface area contributed by atoms with Gasteiger partial charge in [-0.05, 0) is 66.7 Å². The largest absolute Gasteiger partial charge is 0.489 e. The summed E-state index contributed by atoms with van der Waals surface area (Å²) in [6.07, 6.45) is 0.762.